The number of hydrogen-bond acceptors (Lipinski definition) is 5. The Bertz CT molecular complexity index is 697. The first-order valence-corrected chi connectivity index (χ1v) is 7.25. The van der Waals surface area contributed by atoms with Crippen molar-refractivity contribution >= 4 is 21.6 Å². The first-order chi connectivity index (χ1) is 9.45. The van der Waals surface area contributed by atoms with E-state index in [2.05, 4.69) is 15.4 Å². The Kier molecular flexibility index (Phi) is 4.11. The largest absolute Gasteiger partial charge is 0.326 e. The first-order valence-electron chi connectivity index (χ1n) is 5.70. The van der Waals surface area contributed by atoms with E-state index in [1.54, 1.807) is 6.07 Å². The number of nitrogens with one attached hydrogen (secondary N) is 1. The highest BCUT2D eigenvalue weighted by molar-refractivity contribution is 7.89. The lowest BCUT2D eigenvalue weighted by Crippen LogP contribution is -2.16. The maximum atomic E-state index is 11.7. The fourth-order valence-corrected chi connectivity index (χ4v) is 2.10. The zero-order chi connectivity index (χ0) is 14.6. The van der Waals surface area contributed by atoms with Gasteiger partial charge in [0.1, 0.15) is 12.7 Å². The molecule has 20 heavy (non-hydrogen) atoms. The van der Waals surface area contributed by atoms with Crippen molar-refractivity contribution in [3.63, 3.8) is 0 Å². The second kappa shape index (κ2) is 5.80. The minimum Gasteiger partial charge on any atom is -0.326 e. The Balaban J connectivity index is 1.97. The first kappa shape index (κ1) is 14.2. The van der Waals surface area contributed by atoms with Gasteiger partial charge in [0.05, 0.1) is 11.4 Å². The monoisotopic (exact) mass is 295 g/mol. The molecular formula is C11H13N5O3S. The highest BCUT2D eigenvalue weighted by Gasteiger charge is 2.09. The molecule has 1 aromatic carbocycles. The van der Waals surface area contributed by atoms with Crippen LogP contribution < -0.4 is 10.5 Å². The van der Waals surface area contributed by atoms with Crippen LogP contribution in [0.15, 0.2) is 41.8 Å². The average molecular weight is 295 g/mol. The fourth-order valence-electron chi connectivity index (χ4n) is 1.54. The Morgan fingerprint density at radius 2 is 2.20 bits per heavy atom. The van der Waals surface area contributed by atoms with Gasteiger partial charge in [-0.2, -0.15) is 5.10 Å². The van der Waals surface area contributed by atoms with Crippen LogP contribution in [0.25, 0.3) is 0 Å². The Morgan fingerprint density at radius 1 is 1.40 bits per heavy atom. The fraction of sp³-hybridized carbons (Fsp3) is 0.182. The number of aryl methyl sites for hydroxylation is 1. The van der Waals surface area contributed by atoms with E-state index >= 15 is 0 Å². The maximum Gasteiger partial charge on any atom is 0.238 e. The van der Waals surface area contributed by atoms with Crippen LogP contribution in [0, 0.1) is 0 Å². The molecule has 2 rings (SSSR count). The molecule has 0 aliphatic rings. The van der Waals surface area contributed by atoms with Gasteiger partial charge in [-0.25, -0.2) is 18.5 Å². The second-order valence-electron chi connectivity index (χ2n) is 4.03. The van der Waals surface area contributed by atoms with Gasteiger partial charge in [-0.1, -0.05) is 6.07 Å². The molecule has 1 aromatic heterocycles. The van der Waals surface area contributed by atoms with E-state index in [1.807, 2.05) is 0 Å². The minimum atomic E-state index is -3.78. The van der Waals surface area contributed by atoms with E-state index in [0.29, 0.717) is 12.2 Å². The van der Waals surface area contributed by atoms with Gasteiger partial charge in [0.25, 0.3) is 0 Å². The molecular weight excluding hydrogens is 282 g/mol. The number of rotatable bonds is 5. The Morgan fingerprint density at radius 3 is 2.85 bits per heavy atom. The van der Waals surface area contributed by atoms with E-state index in [4.69, 9.17) is 5.14 Å². The van der Waals surface area contributed by atoms with E-state index < -0.39 is 10.0 Å². The highest BCUT2D eigenvalue weighted by atomic mass is 32.2. The summed E-state index contributed by atoms with van der Waals surface area (Å²) in [4.78, 5) is 15.4. The quantitative estimate of drug-likeness (QED) is 0.801. The van der Waals surface area contributed by atoms with Crippen LogP contribution in [0.5, 0.6) is 0 Å². The number of primary sulfonamides is 1. The molecule has 3 N–H and O–H groups in total. The lowest BCUT2D eigenvalue weighted by atomic mass is 10.3. The molecule has 0 radical (unpaired) electrons. The van der Waals surface area contributed by atoms with E-state index in [9.17, 15) is 13.2 Å². The Labute approximate surface area is 115 Å². The van der Waals surface area contributed by atoms with Crippen LogP contribution in [0.4, 0.5) is 5.69 Å². The topological polar surface area (TPSA) is 120 Å². The molecule has 106 valence electrons. The predicted molar refractivity (Wildman–Crippen MR) is 71.1 cm³/mol. The molecule has 0 atom stereocenters. The summed E-state index contributed by atoms with van der Waals surface area (Å²) in [5.41, 5.74) is 0.375. The van der Waals surface area contributed by atoms with Gasteiger partial charge in [-0.3, -0.25) is 9.48 Å². The zero-order valence-electron chi connectivity index (χ0n) is 10.4. The number of carbonyl (C=O) groups excluding carboxylic acids is 1. The average Bonchev–Trinajstić information content (AvgIpc) is 2.89. The van der Waals surface area contributed by atoms with E-state index in [1.165, 1.54) is 35.5 Å². The third-order valence-electron chi connectivity index (χ3n) is 2.48. The smallest absolute Gasteiger partial charge is 0.238 e. The van der Waals surface area contributed by atoms with Crippen molar-refractivity contribution in [2.24, 2.45) is 5.14 Å². The summed E-state index contributed by atoms with van der Waals surface area (Å²) < 4.78 is 23.9. The van der Waals surface area contributed by atoms with Crippen molar-refractivity contribution in [2.75, 3.05) is 5.32 Å². The number of nitrogens with two attached hydrogens (primary N) is 1. The SMILES string of the molecule is NS(=O)(=O)c1cccc(NC(=O)CCn2cncn2)c1. The van der Waals surface area contributed by atoms with Crippen LogP contribution in [0.2, 0.25) is 0 Å². The van der Waals surface area contributed by atoms with Crippen molar-refractivity contribution in [2.45, 2.75) is 17.9 Å². The number of benzene rings is 1. The minimum absolute atomic E-state index is 0.0495. The molecule has 0 saturated carbocycles. The molecule has 0 bridgehead atoms. The van der Waals surface area contributed by atoms with E-state index in [0.717, 1.165) is 0 Å². The number of carbonyl (C=O) groups is 1. The normalized spacial score (nSPS) is 11.2. The highest BCUT2D eigenvalue weighted by Crippen LogP contribution is 2.14. The number of aromatic nitrogens is 3. The van der Waals surface area contributed by atoms with Gasteiger partial charge in [0, 0.05) is 12.1 Å². The summed E-state index contributed by atoms with van der Waals surface area (Å²) in [6, 6.07) is 5.76. The molecule has 0 saturated heterocycles. The van der Waals surface area contributed by atoms with Crippen molar-refractivity contribution in [3.8, 4) is 0 Å². The number of amides is 1. The number of sulfonamides is 1. The van der Waals surface area contributed by atoms with Gasteiger partial charge in [0.2, 0.25) is 15.9 Å². The molecule has 1 heterocycles. The van der Waals surface area contributed by atoms with Gasteiger partial charge in [-0.05, 0) is 18.2 Å². The number of anilines is 1. The lowest BCUT2D eigenvalue weighted by molar-refractivity contribution is -0.116. The predicted octanol–water partition coefficient (Wildman–Crippen LogP) is -0.0457. The van der Waals surface area contributed by atoms with E-state index in [-0.39, 0.29) is 17.2 Å². The summed E-state index contributed by atoms with van der Waals surface area (Å²) in [6.07, 6.45) is 3.09. The van der Waals surface area contributed by atoms with Crippen LogP contribution in [0.3, 0.4) is 0 Å². The molecule has 0 aliphatic heterocycles. The molecule has 2 aromatic rings. The molecule has 9 heteroatoms. The lowest BCUT2D eigenvalue weighted by Gasteiger charge is -2.06. The van der Waals surface area contributed by atoms with Crippen LogP contribution in [-0.2, 0) is 21.4 Å². The zero-order valence-corrected chi connectivity index (χ0v) is 11.2. The van der Waals surface area contributed by atoms with Crippen molar-refractivity contribution in [1.29, 1.82) is 0 Å². The second-order valence-corrected chi connectivity index (χ2v) is 5.59. The molecule has 0 unspecified atom stereocenters. The van der Waals surface area contributed by atoms with Gasteiger partial charge < -0.3 is 5.32 Å². The van der Waals surface area contributed by atoms with Crippen molar-refractivity contribution < 1.29 is 13.2 Å². The summed E-state index contributed by atoms with van der Waals surface area (Å²) >= 11 is 0. The van der Waals surface area contributed by atoms with Crippen molar-refractivity contribution in [3.05, 3.63) is 36.9 Å². The molecule has 0 fully saturated rings. The van der Waals surface area contributed by atoms with Crippen molar-refractivity contribution in [1.82, 2.24) is 14.8 Å². The summed E-state index contributed by atoms with van der Waals surface area (Å²) in [5.74, 6) is -0.257. The maximum absolute atomic E-state index is 11.7. The summed E-state index contributed by atoms with van der Waals surface area (Å²) in [5, 5.41) is 11.5. The third kappa shape index (κ3) is 3.87. The van der Waals surface area contributed by atoms with Gasteiger partial charge in [-0.15, -0.1) is 0 Å². The third-order valence-corrected chi connectivity index (χ3v) is 3.39. The van der Waals surface area contributed by atoms with Gasteiger partial charge >= 0.3 is 0 Å². The molecule has 1 amide bonds. The number of nitrogens with zero attached hydrogens (tertiary/aromatic N) is 3. The van der Waals surface area contributed by atoms with Crippen LogP contribution in [0.1, 0.15) is 6.42 Å². The van der Waals surface area contributed by atoms with Crippen LogP contribution in [-0.4, -0.2) is 29.1 Å². The summed E-state index contributed by atoms with van der Waals surface area (Å²) in [7, 11) is -3.78. The molecule has 0 aliphatic carbocycles. The van der Waals surface area contributed by atoms with Gasteiger partial charge in [0.15, 0.2) is 0 Å². The standard InChI is InChI=1S/C11H13N5O3S/c12-20(18,19)10-3-1-2-9(6-10)15-11(17)4-5-16-8-13-7-14-16/h1-3,6-8H,4-5H2,(H,15,17)(H2,12,18,19). The Hall–Kier alpha value is -2.26. The molecule has 0 spiro atoms. The molecule has 8 nitrogen and oxygen atoms in total. The summed E-state index contributed by atoms with van der Waals surface area (Å²) in [6.45, 7) is 0.390. The number of hydrogen-bond donors (Lipinski definition) is 2. The van der Waals surface area contributed by atoms with Crippen LogP contribution >= 0.6 is 0 Å².